The largest absolute Gasteiger partial charge is 0.317 e. The zero-order valence-electron chi connectivity index (χ0n) is 13.7. The van der Waals surface area contributed by atoms with E-state index in [-0.39, 0.29) is 11.8 Å². The van der Waals surface area contributed by atoms with Gasteiger partial charge in [-0.15, -0.1) is 0 Å². The Bertz CT molecular complexity index is 352. The Hall–Kier alpha value is -0.170. The van der Waals surface area contributed by atoms with Crippen molar-refractivity contribution in [3.63, 3.8) is 0 Å². The molecule has 1 rings (SSSR count). The first-order chi connectivity index (χ1) is 10.1. The molecule has 0 saturated carbocycles. The van der Waals surface area contributed by atoms with Gasteiger partial charge in [0, 0.05) is 6.04 Å². The lowest BCUT2D eigenvalue weighted by Gasteiger charge is -2.31. The van der Waals surface area contributed by atoms with Crippen LogP contribution in [0.5, 0.6) is 0 Å². The van der Waals surface area contributed by atoms with Crippen molar-refractivity contribution < 1.29 is 8.42 Å². The molecule has 0 aromatic rings. The maximum atomic E-state index is 12.0. The lowest BCUT2D eigenvalue weighted by Crippen LogP contribution is -2.45. The standard InChI is InChI=1S/C15H33N3O2S/c1-3-9-16-10-5-6-14-21(19,20)17-15-7-12-18(11-4-2)13-8-15/h15-17H,3-14H2,1-2H3. The highest BCUT2D eigenvalue weighted by Gasteiger charge is 2.22. The van der Waals surface area contributed by atoms with Gasteiger partial charge in [0.05, 0.1) is 5.75 Å². The van der Waals surface area contributed by atoms with E-state index in [4.69, 9.17) is 0 Å². The van der Waals surface area contributed by atoms with Crippen LogP contribution in [0.4, 0.5) is 0 Å². The lowest BCUT2D eigenvalue weighted by atomic mass is 10.1. The topological polar surface area (TPSA) is 61.4 Å². The maximum Gasteiger partial charge on any atom is 0.211 e. The first-order valence-corrected chi connectivity index (χ1v) is 10.2. The second-order valence-electron chi connectivity index (χ2n) is 6.01. The predicted molar refractivity (Wildman–Crippen MR) is 89.1 cm³/mol. The van der Waals surface area contributed by atoms with Crippen molar-refractivity contribution in [1.29, 1.82) is 0 Å². The molecule has 1 aliphatic rings. The van der Waals surface area contributed by atoms with Crippen molar-refractivity contribution in [2.75, 3.05) is 38.5 Å². The number of nitrogens with zero attached hydrogens (tertiary/aromatic N) is 1. The van der Waals surface area contributed by atoms with Gasteiger partial charge in [-0.3, -0.25) is 0 Å². The molecule has 0 aliphatic carbocycles. The van der Waals surface area contributed by atoms with Crippen molar-refractivity contribution in [2.24, 2.45) is 0 Å². The number of unbranched alkanes of at least 4 members (excludes halogenated alkanes) is 1. The summed E-state index contributed by atoms with van der Waals surface area (Å²) in [5, 5.41) is 3.30. The van der Waals surface area contributed by atoms with Crippen LogP contribution in [0.2, 0.25) is 0 Å². The fourth-order valence-electron chi connectivity index (χ4n) is 2.75. The summed E-state index contributed by atoms with van der Waals surface area (Å²) in [6, 6.07) is 0.140. The summed E-state index contributed by atoms with van der Waals surface area (Å²) in [7, 11) is -3.10. The highest BCUT2D eigenvalue weighted by atomic mass is 32.2. The monoisotopic (exact) mass is 319 g/mol. The average Bonchev–Trinajstić information content (AvgIpc) is 2.45. The van der Waals surface area contributed by atoms with Gasteiger partial charge in [0.2, 0.25) is 10.0 Å². The smallest absolute Gasteiger partial charge is 0.211 e. The van der Waals surface area contributed by atoms with Gasteiger partial charge < -0.3 is 10.2 Å². The lowest BCUT2D eigenvalue weighted by molar-refractivity contribution is 0.208. The number of hydrogen-bond acceptors (Lipinski definition) is 4. The molecule has 1 heterocycles. The third-order valence-corrected chi connectivity index (χ3v) is 5.44. The first kappa shape index (κ1) is 18.9. The highest BCUT2D eigenvalue weighted by molar-refractivity contribution is 7.89. The van der Waals surface area contributed by atoms with E-state index in [0.29, 0.717) is 0 Å². The molecule has 0 amide bonds. The SMILES string of the molecule is CCCNCCCCS(=O)(=O)NC1CCN(CCC)CC1. The summed E-state index contributed by atoms with van der Waals surface area (Å²) in [6.07, 6.45) is 5.84. The number of hydrogen-bond donors (Lipinski definition) is 2. The molecular weight excluding hydrogens is 286 g/mol. The Kier molecular flexibility index (Phi) is 9.47. The minimum atomic E-state index is -3.10. The highest BCUT2D eigenvalue weighted by Crippen LogP contribution is 2.12. The molecule has 2 N–H and O–H groups in total. The van der Waals surface area contributed by atoms with E-state index < -0.39 is 10.0 Å². The Balaban J connectivity index is 2.15. The average molecular weight is 320 g/mol. The third kappa shape index (κ3) is 8.76. The number of sulfonamides is 1. The molecular formula is C15H33N3O2S. The van der Waals surface area contributed by atoms with Crippen LogP contribution in [0.25, 0.3) is 0 Å². The maximum absolute atomic E-state index is 12.0. The van der Waals surface area contributed by atoms with E-state index in [9.17, 15) is 8.42 Å². The van der Waals surface area contributed by atoms with Gasteiger partial charge in [0.1, 0.15) is 0 Å². The number of likely N-dealkylation sites (tertiary alicyclic amines) is 1. The minimum absolute atomic E-state index is 0.140. The molecule has 0 atom stereocenters. The Morgan fingerprint density at radius 1 is 1.05 bits per heavy atom. The summed E-state index contributed by atoms with van der Waals surface area (Å²) in [4.78, 5) is 2.42. The molecule has 0 aromatic carbocycles. The summed E-state index contributed by atoms with van der Waals surface area (Å²) >= 11 is 0. The van der Waals surface area contributed by atoms with Crippen LogP contribution in [0.3, 0.4) is 0 Å². The van der Waals surface area contributed by atoms with E-state index in [1.165, 1.54) is 6.42 Å². The Morgan fingerprint density at radius 2 is 1.76 bits per heavy atom. The van der Waals surface area contributed by atoms with Crippen molar-refractivity contribution >= 4 is 10.0 Å². The van der Waals surface area contributed by atoms with Gasteiger partial charge in [-0.05, 0) is 71.2 Å². The van der Waals surface area contributed by atoms with Gasteiger partial charge in [-0.25, -0.2) is 13.1 Å². The van der Waals surface area contributed by atoms with E-state index in [1.54, 1.807) is 0 Å². The quantitative estimate of drug-likeness (QED) is 0.567. The second kappa shape index (κ2) is 10.5. The molecule has 0 unspecified atom stereocenters. The fourth-order valence-corrected chi connectivity index (χ4v) is 4.19. The molecule has 5 nitrogen and oxygen atoms in total. The van der Waals surface area contributed by atoms with Gasteiger partial charge in [-0.2, -0.15) is 0 Å². The van der Waals surface area contributed by atoms with E-state index in [2.05, 4.69) is 28.8 Å². The van der Waals surface area contributed by atoms with Crippen LogP contribution in [-0.2, 0) is 10.0 Å². The Labute approximate surface area is 130 Å². The van der Waals surface area contributed by atoms with Gasteiger partial charge in [0.15, 0.2) is 0 Å². The molecule has 1 saturated heterocycles. The van der Waals surface area contributed by atoms with Crippen LogP contribution in [-0.4, -0.2) is 57.8 Å². The van der Waals surface area contributed by atoms with Crippen LogP contribution >= 0.6 is 0 Å². The second-order valence-corrected chi connectivity index (χ2v) is 7.88. The molecule has 0 aromatic heterocycles. The molecule has 126 valence electrons. The summed E-state index contributed by atoms with van der Waals surface area (Å²) in [5.74, 6) is 0.260. The Morgan fingerprint density at radius 3 is 2.38 bits per heavy atom. The molecule has 1 aliphatic heterocycles. The normalized spacial score (nSPS) is 18.2. The molecule has 0 radical (unpaired) electrons. The molecule has 1 fully saturated rings. The van der Waals surface area contributed by atoms with Gasteiger partial charge in [0.25, 0.3) is 0 Å². The molecule has 21 heavy (non-hydrogen) atoms. The van der Waals surface area contributed by atoms with Crippen LogP contribution in [0.1, 0.15) is 52.4 Å². The zero-order valence-corrected chi connectivity index (χ0v) is 14.6. The van der Waals surface area contributed by atoms with E-state index in [1.807, 2.05) is 0 Å². The molecule has 0 spiro atoms. The summed E-state index contributed by atoms with van der Waals surface area (Å²) in [5.41, 5.74) is 0. The fraction of sp³-hybridized carbons (Fsp3) is 1.00. The molecule has 6 heteroatoms. The van der Waals surface area contributed by atoms with E-state index in [0.717, 1.165) is 64.8 Å². The van der Waals surface area contributed by atoms with Gasteiger partial charge in [-0.1, -0.05) is 13.8 Å². The van der Waals surface area contributed by atoms with Crippen LogP contribution < -0.4 is 10.0 Å². The van der Waals surface area contributed by atoms with Crippen molar-refractivity contribution in [3.05, 3.63) is 0 Å². The summed E-state index contributed by atoms with van der Waals surface area (Å²) < 4.78 is 27.0. The van der Waals surface area contributed by atoms with E-state index >= 15 is 0 Å². The number of piperidine rings is 1. The summed E-state index contributed by atoms with van der Waals surface area (Å²) in [6.45, 7) is 9.41. The minimum Gasteiger partial charge on any atom is -0.317 e. The van der Waals surface area contributed by atoms with Crippen molar-refractivity contribution in [2.45, 2.75) is 58.4 Å². The number of nitrogens with one attached hydrogen (secondary N) is 2. The van der Waals surface area contributed by atoms with Crippen molar-refractivity contribution in [1.82, 2.24) is 14.9 Å². The van der Waals surface area contributed by atoms with Crippen LogP contribution in [0, 0.1) is 0 Å². The van der Waals surface area contributed by atoms with Crippen LogP contribution in [0.15, 0.2) is 0 Å². The predicted octanol–water partition coefficient (Wildman–Crippen LogP) is 1.56. The first-order valence-electron chi connectivity index (χ1n) is 8.50. The van der Waals surface area contributed by atoms with Gasteiger partial charge >= 0.3 is 0 Å². The third-order valence-electron chi connectivity index (χ3n) is 3.92. The molecule has 0 bridgehead atoms. The number of rotatable bonds is 11. The van der Waals surface area contributed by atoms with Crippen molar-refractivity contribution in [3.8, 4) is 0 Å². The zero-order chi connectivity index (χ0) is 15.6.